The molecule has 1 amide bonds. The predicted molar refractivity (Wildman–Crippen MR) is 135 cm³/mol. The monoisotopic (exact) mass is 564 g/mol. The van der Waals surface area contributed by atoms with Crippen molar-refractivity contribution >= 4 is 68.4 Å². The molecule has 0 aliphatic carbocycles. The Bertz CT molecular complexity index is 1260. The van der Waals surface area contributed by atoms with Crippen molar-refractivity contribution in [2.75, 3.05) is 12.4 Å². The van der Waals surface area contributed by atoms with Gasteiger partial charge in [0.15, 0.2) is 11.5 Å². The van der Waals surface area contributed by atoms with Crippen molar-refractivity contribution in [1.29, 1.82) is 5.26 Å². The molecule has 0 saturated heterocycles. The number of hydrogen-bond acceptors (Lipinski definition) is 4. The van der Waals surface area contributed by atoms with Crippen molar-refractivity contribution in [1.82, 2.24) is 0 Å². The quantitative estimate of drug-likeness (QED) is 0.237. The van der Waals surface area contributed by atoms with Gasteiger partial charge in [0.05, 0.1) is 17.2 Å². The maximum atomic E-state index is 12.6. The van der Waals surface area contributed by atoms with E-state index in [2.05, 4.69) is 21.2 Å². The molecule has 5 nitrogen and oxygen atoms in total. The molecular weight excluding hydrogens is 551 g/mol. The third-order valence-corrected chi connectivity index (χ3v) is 6.11. The zero-order valence-electron chi connectivity index (χ0n) is 17.2. The lowest BCUT2D eigenvalue weighted by Gasteiger charge is -2.13. The largest absolute Gasteiger partial charge is 0.493 e. The maximum Gasteiger partial charge on any atom is 0.266 e. The molecule has 0 bridgehead atoms. The summed E-state index contributed by atoms with van der Waals surface area (Å²) in [6.07, 6.45) is 1.46. The van der Waals surface area contributed by atoms with Crippen molar-refractivity contribution in [3.63, 3.8) is 0 Å². The molecule has 0 aliphatic rings. The van der Waals surface area contributed by atoms with Gasteiger partial charge >= 0.3 is 0 Å². The minimum Gasteiger partial charge on any atom is -0.493 e. The molecule has 0 aromatic heterocycles. The lowest BCUT2D eigenvalue weighted by atomic mass is 10.1. The summed E-state index contributed by atoms with van der Waals surface area (Å²) in [5.41, 5.74) is 1.83. The summed E-state index contributed by atoms with van der Waals surface area (Å²) in [7, 11) is 1.50. The van der Waals surface area contributed by atoms with Crippen LogP contribution in [0.4, 0.5) is 5.69 Å². The van der Waals surface area contributed by atoms with E-state index >= 15 is 0 Å². The van der Waals surface area contributed by atoms with Gasteiger partial charge in [-0.05, 0) is 65.7 Å². The molecule has 0 atom stereocenters. The van der Waals surface area contributed by atoms with E-state index in [1.54, 1.807) is 48.5 Å². The number of nitriles is 1. The predicted octanol–water partition coefficient (Wildman–Crippen LogP) is 7.54. The van der Waals surface area contributed by atoms with Gasteiger partial charge in [0, 0.05) is 15.2 Å². The number of ether oxygens (including phenoxy) is 2. The van der Waals surface area contributed by atoms with Crippen LogP contribution in [0, 0.1) is 11.3 Å². The van der Waals surface area contributed by atoms with Crippen molar-refractivity contribution in [3.8, 4) is 17.6 Å². The van der Waals surface area contributed by atoms with Crippen molar-refractivity contribution in [3.05, 3.63) is 90.8 Å². The SMILES string of the molecule is COc1cc(/C=C(/C#N)C(=O)Nc2ccc(Cl)cc2)c(Br)cc1OCc1ccc(Cl)c(Cl)c1. The maximum absolute atomic E-state index is 12.6. The van der Waals surface area contributed by atoms with Crippen LogP contribution >= 0.6 is 50.7 Å². The van der Waals surface area contributed by atoms with Crippen LogP contribution in [-0.2, 0) is 11.4 Å². The lowest BCUT2D eigenvalue weighted by Crippen LogP contribution is -2.13. The van der Waals surface area contributed by atoms with Crippen LogP contribution in [0.15, 0.2) is 64.6 Å². The number of benzene rings is 3. The molecule has 33 heavy (non-hydrogen) atoms. The Balaban J connectivity index is 1.81. The summed E-state index contributed by atoms with van der Waals surface area (Å²) >= 11 is 21.3. The number of carbonyl (C=O) groups excluding carboxylic acids is 1. The summed E-state index contributed by atoms with van der Waals surface area (Å²) in [5.74, 6) is 0.349. The standard InChI is InChI=1S/C24H16BrCl3N2O3/c1-32-22-10-15(9-16(12-29)24(31)30-18-5-3-17(26)4-6-18)19(25)11-23(22)33-13-14-2-7-20(27)21(28)8-14/h2-11H,13H2,1H3,(H,30,31)/b16-9-. The third-order valence-electron chi connectivity index (χ3n) is 4.43. The summed E-state index contributed by atoms with van der Waals surface area (Å²) in [4.78, 5) is 12.6. The van der Waals surface area contributed by atoms with E-state index in [1.807, 2.05) is 12.1 Å². The van der Waals surface area contributed by atoms with Gasteiger partial charge < -0.3 is 14.8 Å². The number of nitrogens with one attached hydrogen (secondary N) is 1. The third kappa shape index (κ3) is 6.66. The summed E-state index contributed by atoms with van der Waals surface area (Å²) in [6, 6.07) is 17.1. The number of amides is 1. The molecule has 0 aliphatic heterocycles. The van der Waals surface area contributed by atoms with Crippen molar-refractivity contribution in [2.24, 2.45) is 0 Å². The molecule has 168 valence electrons. The normalized spacial score (nSPS) is 11.0. The fourth-order valence-corrected chi connectivity index (χ4v) is 3.64. The van der Waals surface area contributed by atoms with Gasteiger partial charge in [0.25, 0.3) is 5.91 Å². The second-order valence-corrected chi connectivity index (χ2v) is 8.80. The molecule has 0 fully saturated rings. The number of nitrogens with zero attached hydrogens (tertiary/aromatic N) is 1. The highest BCUT2D eigenvalue weighted by atomic mass is 79.9. The van der Waals surface area contributed by atoms with E-state index in [-0.39, 0.29) is 12.2 Å². The highest BCUT2D eigenvalue weighted by Gasteiger charge is 2.14. The number of halogens is 4. The first-order valence-corrected chi connectivity index (χ1v) is 11.4. The molecule has 1 N–H and O–H groups in total. The van der Waals surface area contributed by atoms with E-state index in [1.165, 1.54) is 13.2 Å². The summed E-state index contributed by atoms with van der Waals surface area (Å²) in [6.45, 7) is 0.238. The molecule has 0 spiro atoms. The van der Waals surface area contributed by atoms with Crippen LogP contribution < -0.4 is 14.8 Å². The zero-order valence-corrected chi connectivity index (χ0v) is 21.0. The highest BCUT2D eigenvalue weighted by Crippen LogP contribution is 2.35. The van der Waals surface area contributed by atoms with Crippen molar-refractivity contribution in [2.45, 2.75) is 6.61 Å². The summed E-state index contributed by atoms with van der Waals surface area (Å²) < 4.78 is 11.9. The summed E-state index contributed by atoms with van der Waals surface area (Å²) in [5, 5.41) is 13.6. The molecular formula is C24H16BrCl3N2O3. The van der Waals surface area contributed by atoms with E-state index < -0.39 is 5.91 Å². The minimum absolute atomic E-state index is 0.0859. The second-order valence-electron chi connectivity index (χ2n) is 6.69. The lowest BCUT2D eigenvalue weighted by molar-refractivity contribution is -0.112. The second kappa shape index (κ2) is 11.4. The molecule has 0 unspecified atom stereocenters. The number of methoxy groups -OCH3 is 1. The van der Waals surface area contributed by atoms with Gasteiger partial charge in [-0.15, -0.1) is 0 Å². The number of hydrogen-bond donors (Lipinski definition) is 1. The Hall–Kier alpha value is -2.69. The van der Waals surface area contributed by atoms with Crippen molar-refractivity contribution < 1.29 is 14.3 Å². The van der Waals surface area contributed by atoms with Crippen LogP contribution in [0.25, 0.3) is 6.08 Å². The van der Waals surface area contributed by atoms with E-state index in [0.717, 1.165) is 5.56 Å². The van der Waals surface area contributed by atoms with Gasteiger partial charge in [0.1, 0.15) is 18.2 Å². The van der Waals surface area contributed by atoms with E-state index in [0.29, 0.717) is 42.3 Å². The Morgan fingerprint density at radius 2 is 1.79 bits per heavy atom. The van der Waals surface area contributed by atoms with Crippen LogP contribution in [0.3, 0.4) is 0 Å². The van der Waals surface area contributed by atoms with Gasteiger partial charge in [-0.25, -0.2) is 0 Å². The smallest absolute Gasteiger partial charge is 0.266 e. The van der Waals surface area contributed by atoms with Gasteiger partial charge in [-0.1, -0.05) is 56.8 Å². The zero-order chi connectivity index (χ0) is 24.0. The topological polar surface area (TPSA) is 71.3 Å². The van der Waals surface area contributed by atoms with Crippen LogP contribution in [0.5, 0.6) is 11.5 Å². The Labute approximate surface area is 214 Å². The first-order chi connectivity index (χ1) is 15.8. The fraction of sp³-hybridized carbons (Fsp3) is 0.0833. The fourth-order valence-electron chi connectivity index (χ4n) is 2.76. The van der Waals surface area contributed by atoms with Gasteiger partial charge in [0.2, 0.25) is 0 Å². The molecule has 3 aromatic rings. The minimum atomic E-state index is -0.550. The molecule has 3 rings (SSSR count). The molecule has 0 heterocycles. The first-order valence-electron chi connectivity index (χ1n) is 9.43. The Kier molecular flexibility index (Phi) is 8.65. The van der Waals surface area contributed by atoms with Crippen LogP contribution in [-0.4, -0.2) is 13.0 Å². The Morgan fingerprint density at radius 3 is 2.42 bits per heavy atom. The number of carbonyl (C=O) groups is 1. The number of rotatable bonds is 7. The highest BCUT2D eigenvalue weighted by molar-refractivity contribution is 9.10. The van der Waals surface area contributed by atoms with E-state index in [9.17, 15) is 10.1 Å². The van der Waals surface area contributed by atoms with Gasteiger partial charge in [-0.3, -0.25) is 4.79 Å². The Morgan fingerprint density at radius 1 is 1.06 bits per heavy atom. The van der Waals surface area contributed by atoms with E-state index in [4.69, 9.17) is 44.3 Å². The molecule has 9 heteroatoms. The van der Waals surface area contributed by atoms with Crippen LogP contribution in [0.2, 0.25) is 15.1 Å². The first kappa shape index (κ1) is 24.9. The molecule has 3 aromatic carbocycles. The molecule has 0 saturated carbocycles. The average molecular weight is 567 g/mol. The number of anilines is 1. The molecule has 0 radical (unpaired) electrons. The van der Waals surface area contributed by atoms with Crippen LogP contribution in [0.1, 0.15) is 11.1 Å². The van der Waals surface area contributed by atoms with Gasteiger partial charge in [-0.2, -0.15) is 5.26 Å². The average Bonchev–Trinajstić information content (AvgIpc) is 2.80.